The van der Waals surface area contributed by atoms with E-state index in [4.69, 9.17) is 5.11 Å². The zero-order valence-electron chi connectivity index (χ0n) is 16.7. The number of carbonyl (C=O) groups excluding carboxylic acids is 1. The lowest BCUT2D eigenvalue weighted by molar-refractivity contribution is -0.140. The third-order valence-corrected chi connectivity index (χ3v) is 5.90. The van der Waals surface area contributed by atoms with Crippen LogP contribution in [0.4, 0.5) is 0 Å². The molecule has 0 aliphatic carbocycles. The van der Waals surface area contributed by atoms with Gasteiger partial charge < -0.3 is 25.5 Å². The van der Waals surface area contributed by atoms with Crippen molar-refractivity contribution < 1.29 is 24.6 Å². The number of rotatable bonds is 10. The van der Waals surface area contributed by atoms with Gasteiger partial charge in [-0.25, -0.2) is 9.78 Å². The first-order valence-corrected chi connectivity index (χ1v) is 10.5. The van der Waals surface area contributed by atoms with Crippen LogP contribution < -0.4 is 10.9 Å². The van der Waals surface area contributed by atoms with E-state index in [0.29, 0.717) is 34.6 Å². The molecule has 3 aromatic heterocycles. The number of carboxylic acids is 2. The minimum absolute atomic E-state index is 0.0359. The van der Waals surface area contributed by atoms with Crippen molar-refractivity contribution in [3.05, 3.63) is 49.8 Å². The standard InChI is InChI=1S/C20H22N4O6S/c1-10-22-17-16(19(28)23-10)11(9-21-17)5-6-12-7-8-14(31-12)18(27)24-13(20(29)30)3-2-4-15(25)26/h7-9,13H,2-6H2,1H3,(H,24,27)(H,25,26)(H,29,30)(H2,21,22,23,28)/t13-/m0/s1. The first-order chi connectivity index (χ1) is 14.7. The van der Waals surface area contributed by atoms with Gasteiger partial charge in [-0.1, -0.05) is 0 Å². The first-order valence-electron chi connectivity index (χ1n) is 9.65. The largest absolute Gasteiger partial charge is 0.481 e. The van der Waals surface area contributed by atoms with E-state index < -0.39 is 23.9 Å². The Morgan fingerprint density at radius 1 is 1.23 bits per heavy atom. The lowest BCUT2D eigenvalue weighted by atomic mass is 10.1. The maximum Gasteiger partial charge on any atom is 0.326 e. The molecule has 3 aromatic rings. The molecule has 0 saturated heterocycles. The quantitative estimate of drug-likeness (QED) is 0.317. The number of aryl methyl sites for hydroxylation is 3. The molecule has 0 aromatic carbocycles. The molecule has 164 valence electrons. The number of nitrogens with one attached hydrogen (secondary N) is 3. The molecule has 31 heavy (non-hydrogen) atoms. The number of thiophene rings is 1. The van der Waals surface area contributed by atoms with Crippen molar-refractivity contribution in [3.63, 3.8) is 0 Å². The Hall–Kier alpha value is -3.47. The molecule has 0 aliphatic heterocycles. The normalized spacial score (nSPS) is 12.0. The molecular weight excluding hydrogens is 424 g/mol. The number of fused-ring (bicyclic) bond motifs is 1. The monoisotopic (exact) mass is 446 g/mol. The molecule has 3 heterocycles. The highest BCUT2D eigenvalue weighted by atomic mass is 32.1. The average molecular weight is 446 g/mol. The first kappa shape index (κ1) is 22.2. The predicted octanol–water partition coefficient (Wildman–Crippen LogP) is 1.84. The smallest absolute Gasteiger partial charge is 0.326 e. The van der Waals surface area contributed by atoms with Gasteiger partial charge in [0.1, 0.15) is 17.5 Å². The van der Waals surface area contributed by atoms with Crippen LogP contribution in [-0.4, -0.2) is 49.1 Å². The molecule has 10 nitrogen and oxygen atoms in total. The van der Waals surface area contributed by atoms with Gasteiger partial charge in [0.05, 0.1) is 10.3 Å². The fourth-order valence-corrected chi connectivity index (χ4v) is 4.16. The maximum absolute atomic E-state index is 12.4. The van der Waals surface area contributed by atoms with Gasteiger partial charge in [-0.3, -0.25) is 14.4 Å². The lowest BCUT2D eigenvalue weighted by Gasteiger charge is -2.13. The summed E-state index contributed by atoms with van der Waals surface area (Å²) in [6.45, 7) is 1.71. The zero-order valence-corrected chi connectivity index (χ0v) is 17.5. The molecule has 0 unspecified atom stereocenters. The van der Waals surface area contributed by atoms with Crippen LogP contribution >= 0.6 is 11.3 Å². The second kappa shape index (κ2) is 9.56. The fraction of sp³-hybridized carbons (Fsp3) is 0.350. The van der Waals surface area contributed by atoms with Crippen LogP contribution in [0.1, 0.15) is 45.2 Å². The number of nitrogens with zero attached hydrogens (tertiary/aromatic N) is 1. The number of aromatic nitrogens is 3. The van der Waals surface area contributed by atoms with Crippen molar-refractivity contribution in [2.45, 2.75) is 45.1 Å². The van der Waals surface area contributed by atoms with Crippen molar-refractivity contribution in [2.75, 3.05) is 0 Å². The Labute approximate surface area is 180 Å². The summed E-state index contributed by atoms with van der Waals surface area (Å²) in [6, 6.07) is 2.27. The van der Waals surface area contributed by atoms with E-state index >= 15 is 0 Å². The Kier molecular flexibility index (Phi) is 6.85. The molecule has 1 amide bonds. The minimum atomic E-state index is -1.20. The van der Waals surface area contributed by atoms with Crippen LogP contribution in [0.15, 0.2) is 23.1 Å². The Balaban J connectivity index is 1.62. The van der Waals surface area contributed by atoms with Crippen molar-refractivity contribution >= 4 is 40.2 Å². The highest BCUT2D eigenvalue weighted by Crippen LogP contribution is 2.21. The molecular formula is C20H22N4O6S. The molecule has 11 heteroatoms. The summed E-state index contributed by atoms with van der Waals surface area (Å²) < 4.78 is 0. The lowest BCUT2D eigenvalue weighted by Crippen LogP contribution is -2.40. The SMILES string of the molecule is Cc1nc2[nH]cc(CCc3ccc(C(=O)N[C@@H](CCCC(=O)O)C(=O)O)s3)c2c(=O)[nH]1. The number of amides is 1. The average Bonchev–Trinajstić information content (AvgIpc) is 3.32. The topological polar surface area (TPSA) is 165 Å². The summed E-state index contributed by atoms with van der Waals surface area (Å²) >= 11 is 1.25. The number of aliphatic carboxylic acids is 2. The number of H-pyrrole nitrogens is 2. The van der Waals surface area contributed by atoms with Crippen LogP contribution in [0.3, 0.4) is 0 Å². The summed E-state index contributed by atoms with van der Waals surface area (Å²) in [7, 11) is 0. The van der Waals surface area contributed by atoms with Gasteiger partial charge in [0.2, 0.25) is 0 Å². The predicted molar refractivity (Wildman–Crippen MR) is 114 cm³/mol. The van der Waals surface area contributed by atoms with Crippen molar-refractivity contribution in [1.29, 1.82) is 0 Å². The Bertz CT molecular complexity index is 1180. The summed E-state index contributed by atoms with van der Waals surface area (Å²) in [4.78, 5) is 57.8. The Morgan fingerprint density at radius 3 is 2.71 bits per heavy atom. The second-order valence-corrected chi connectivity index (χ2v) is 8.27. The number of hydrogen-bond donors (Lipinski definition) is 5. The van der Waals surface area contributed by atoms with E-state index in [1.54, 1.807) is 25.3 Å². The van der Waals surface area contributed by atoms with Crippen LogP contribution in [0, 0.1) is 6.92 Å². The summed E-state index contributed by atoms with van der Waals surface area (Å²) in [5.41, 5.74) is 1.16. The third-order valence-electron chi connectivity index (χ3n) is 4.76. The van der Waals surface area contributed by atoms with Gasteiger partial charge in [-0.15, -0.1) is 11.3 Å². The van der Waals surface area contributed by atoms with Crippen molar-refractivity contribution in [1.82, 2.24) is 20.3 Å². The molecule has 0 aliphatic rings. The number of aromatic amines is 2. The van der Waals surface area contributed by atoms with Gasteiger partial charge in [-0.05, 0) is 50.3 Å². The molecule has 0 saturated carbocycles. The molecule has 5 N–H and O–H groups in total. The van der Waals surface area contributed by atoms with Crippen LogP contribution in [0.2, 0.25) is 0 Å². The molecule has 0 fully saturated rings. The van der Waals surface area contributed by atoms with E-state index in [-0.39, 0.29) is 24.8 Å². The van der Waals surface area contributed by atoms with Gasteiger partial charge in [0.15, 0.2) is 0 Å². The van der Waals surface area contributed by atoms with E-state index in [2.05, 4.69) is 20.3 Å². The van der Waals surface area contributed by atoms with Crippen molar-refractivity contribution in [3.8, 4) is 0 Å². The maximum atomic E-state index is 12.4. The summed E-state index contributed by atoms with van der Waals surface area (Å²) in [5, 5.41) is 20.9. The molecule has 0 bridgehead atoms. The molecule has 1 atom stereocenters. The highest BCUT2D eigenvalue weighted by Gasteiger charge is 2.21. The van der Waals surface area contributed by atoms with Gasteiger partial charge in [-0.2, -0.15) is 0 Å². The Morgan fingerprint density at radius 2 is 2.00 bits per heavy atom. The summed E-state index contributed by atoms with van der Waals surface area (Å²) in [6.07, 6.45) is 2.95. The van der Waals surface area contributed by atoms with Crippen LogP contribution in [-0.2, 0) is 22.4 Å². The fourth-order valence-electron chi connectivity index (χ4n) is 3.25. The van der Waals surface area contributed by atoms with Crippen LogP contribution in [0.5, 0.6) is 0 Å². The van der Waals surface area contributed by atoms with E-state index in [9.17, 15) is 24.3 Å². The number of hydrogen-bond acceptors (Lipinski definition) is 6. The highest BCUT2D eigenvalue weighted by molar-refractivity contribution is 7.14. The number of carboxylic acid groups (broad SMARTS) is 2. The molecule has 0 spiro atoms. The molecule has 0 radical (unpaired) electrons. The van der Waals surface area contributed by atoms with Gasteiger partial charge in [0, 0.05) is 17.5 Å². The van der Waals surface area contributed by atoms with E-state index in [1.807, 2.05) is 0 Å². The third kappa shape index (κ3) is 5.57. The summed E-state index contributed by atoms with van der Waals surface area (Å²) in [5.74, 6) is -2.20. The second-order valence-electron chi connectivity index (χ2n) is 7.11. The van der Waals surface area contributed by atoms with Crippen molar-refractivity contribution in [2.24, 2.45) is 0 Å². The van der Waals surface area contributed by atoms with E-state index in [0.717, 1.165) is 10.4 Å². The van der Waals surface area contributed by atoms with E-state index in [1.165, 1.54) is 11.3 Å². The van der Waals surface area contributed by atoms with Gasteiger partial charge in [0.25, 0.3) is 11.5 Å². The number of carbonyl (C=O) groups is 3. The zero-order chi connectivity index (χ0) is 22.5. The minimum Gasteiger partial charge on any atom is -0.481 e. The van der Waals surface area contributed by atoms with Crippen LogP contribution in [0.25, 0.3) is 11.0 Å². The molecule has 3 rings (SSSR count). The van der Waals surface area contributed by atoms with Gasteiger partial charge >= 0.3 is 11.9 Å².